The molecule has 0 aliphatic carbocycles. The van der Waals surface area contributed by atoms with Gasteiger partial charge in [0.25, 0.3) is 0 Å². The Labute approximate surface area is 76.4 Å². The van der Waals surface area contributed by atoms with Gasteiger partial charge in [-0.3, -0.25) is 4.98 Å². The zero-order valence-electron chi connectivity index (χ0n) is 6.69. The zero-order valence-corrected chi connectivity index (χ0v) is 6.69. The molecule has 0 aromatic carbocycles. The molecular weight excluding hydrogens is 203 g/mol. The fourth-order valence-electron chi connectivity index (χ4n) is 0.311. The highest BCUT2D eigenvalue weighted by molar-refractivity contribution is 5.73. The molecule has 5 nitrogen and oxygen atoms in total. The first-order valence-corrected chi connectivity index (χ1v) is 3.15. The molecule has 0 spiro atoms. The van der Waals surface area contributed by atoms with Crippen LogP contribution in [0.4, 0.5) is 19.0 Å². The van der Waals surface area contributed by atoms with Crippen molar-refractivity contribution in [3.05, 3.63) is 18.6 Å². The summed E-state index contributed by atoms with van der Waals surface area (Å²) in [6.07, 6.45) is -0.453. The molecule has 3 N–H and O–H groups in total. The largest absolute Gasteiger partial charge is 0.490 e. The van der Waals surface area contributed by atoms with Crippen LogP contribution in [-0.2, 0) is 4.79 Å². The molecule has 1 heterocycles. The van der Waals surface area contributed by atoms with Gasteiger partial charge < -0.3 is 10.8 Å². The van der Waals surface area contributed by atoms with Gasteiger partial charge in [-0.25, -0.2) is 9.78 Å². The second-order valence-electron chi connectivity index (χ2n) is 1.93. The van der Waals surface area contributed by atoms with E-state index in [9.17, 15) is 13.2 Å². The van der Waals surface area contributed by atoms with Gasteiger partial charge in [-0.1, -0.05) is 0 Å². The molecule has 8 heteroatoms. The minimum absolute atomic E-state index is 0.461. The van der Waals surface area contributed by atoms with Gasteiger partial charge in [0.2, 0.25) is 0 Å². The van der Waals surface area contributed by atoms with E-state index in [0.717, 1.165) is 0 Å². The number of aliphatic carboxylic acids is 1. The lowest BCUT2D eigenvalue weighted by Crippen LogP contribution is -2.21. The topological polar surface area (TPSA) is 89.1 Å². The van der Waals surface area contributed by atoms with Gasteiger partial charge in [-0.05, 0) is 0 Å². The number of carbonyl (C=O) groups is 1. The smallest absolute Gasteiger partial charge is 0.475 e. The highest BCUT2D eigenvalue weighted by Crippen LogP contribution is 2.13. The number of nitrogens with two attached hydrogens (primary N) is 1. The average Bonchev–Trinajstić information content (AvgIpc) is 2.04. The van der Waals surface area contributed by atoms with Gasteiger partial charge in [0.1, 0.15) is 5.82 Å². The summed E-state index contributed by atoms with van der Waals surface area (Å²) in [5, 5.41) is 7.12. The molecule has 0 aliphatic heterocycles. The molecule has 1 aromatic rings. The van der Waals surface area contributed by atoms with Crippen LogP contribution >= 0.6 is 0 Å². The Kier molecular flexibility index (Phi) is 4.33. The number of anilines is 1. The molecule has 0 amide bonds. The first-order chi connectivity index (χ1) is 6.34. The number of hydrogen-bond acceptors (Lipinski definition) is 4. The van der Waals surface area contributed by atoms with Crippen molar-refractivity contribution in [1.82, 2.24) is 9.97 Å². The van der Waals surface area contributed by atoms with Gasteiger partial charge in [-0.2, -0.15) is 13.2 Å². The Balaban J connectivity index is 0.000000241. The van der Waals surface area contributed by atoms with Crippen LogP contribution in [0.15, 0.2) is 18.6 Å². The van der Waals surface area contributed by atoms with E-state index in [1.807, 2.05) is 0 Å². The van der Waals surface area contributed by atoms with Crippen LogP contribution in [0.2, 0.25) is 0 Å². The maximum absolute atomic E-state index is 10.6. The van der Waals surface area contributed by atoms with Crippen molar-refractivity contribution >= 4 is 11.8 Å². The molecular formula is C6H6F3N3O2. The number of hydrogen-bond donors (Lipinski definition) is 2. The number of alkyl halides is 3. The molecule has 1 rings (SSSR count). The lowest BCUT2D eigenvalue weighted by molar-refractivity contribution is -0.192. The minimum atomic E-state index is -5.08. The summed E-state index contributed by atoms with van der Waals surface area (Å²) < 4.78 is 31.7. The standard InChI is InChI=1S/C4H5N3.C2HF3O2/c5-4-3-6-1-2-7-4;3-2(4,5)1(6)7/h1-3H,(H2,5,7);(H,6,7). The summed E-state index contributed by atoms with van der Waals surface area (Å²) >= 11 is 0. The van der Waals surface area contributed by atoms with Gasteiger partial charge in [0.05, 0.1) is 6.20 Å². The predicted octanol–water partition coefficient (Wildman–Crippen LogP) is 0.692. The molecule has 0 saturated heterocycles. The van der Waals surface area contributed by atoms with E-state index in [-0.39, 0.29) is 0 Å². The van der Waals surface area contributed by atoms with E-state index in [4.69, 9.17) is 15.6 Å². The van der Waals surface area contributed by atoms with Gasteiger partial charge >= 0.3 is 12.1 Å². The summed E-state index contributed by atoms with van der Waals surface area (Å²) in [6.45, 7) is 0. The van der Waals surface area contributed by atoms with Crippen LogP contribution in [0.3, 0.4) is 0 Å². The third kappa shape index (κ3) is 5.75. The zero-order chi connectivity index (χ0) is 11.2. The Morgan fingerprint density at radius 1 is 1.43 bits per heavy atom. The van der Waals surface area contributed by atoms with E-state index in [2.05, 4.69) is 9.97 Å². The van der Waals surface area contributed by atoms with Crippen molar-refractivity contribution in [2.75, 3.05) is 5.73 Å². The van der Waals surface area contributed by atoms with Crippen molar-refractivity contribution in [3.63, 3.8) is 0 Å². The predicted molar refractivity (Wildman–Crippen MR) is 40.1 cm³/mol. The van der Waals surface area contributed by atoms with E-state index in [1.165, 1.54) is 6.20 Å². The Morgan fingerprint density at radius 2 is 1.93 bits per heavy atom. The first kappa shape index (κ1) is 12.1. The third-order valence-corrected chi connectivity index (χ3v) is 0.826. The molecule has 0 bridgehead atoms. The fourth-order valence-corrected chi connectivity index (χ4v) is 0.311. The fraction of sp³-hybridized carbons (Fsp3) is 0.167. The molecule has 0 radical (unpaired) electrons. The van der Waals surface area contributed by atoms with Crippen LogP contribution < -0.4 is 5.73 Å². The second-order valence-corrected chi connectivity index (χ2v) is 1.93. The van der Waals surface area contributed by atoms with Crippen molar-refractivity contribution in [2.24, 2.45) is 0 Å². The van der Waals surface area contributed by atoms with Gasteiger partial charge in [0.15, 0.2) is 0 Å². The van der Waals surface area contributed by atoms with Crippen molar-refractivity contribution < 1.29 is 23.1 Å². The molecule has 0 aliphatic rings. The Hall–Kier alpha value is -1.86. The van der Waals surface area contributed by atoms with Crippen LogP contribution in [0.25, 0.3) is 0 Å². The Morgan fingerprint density at radius 3 is 2.07 bits per heavy atom. The number of carboxylic acid groups (broad SMARTS) is 1. The molecule has 14 heavy (non-hydrogen) atoms. The van der Waals surface area contributed by atoms with E-state index in [1.54, 1.807) is 12.4 Å². The van der Waals surface area contributed by atoms with Crippen molar-refractivity contribution in [2.45, 2.75) is 6.18 Å². The van der Waals surface area contributed by atoms with Crippen LogP contribution in [0, 0.1) is 0 Å². The monoisotopic (exact) mass is 209 g/mol. The second kappa shape index (κ2) is 5.00. The molecule has 1 aromatic heterocycles. The van der Waals surface area contributed by atoms with Crippen molar-refractivity contribution in [3.8, 4) is 0 Å². The molecule has 0 unspecified atom stereocenters. The van der Waals surface area contributed by atoms with Crippen molar-refractivity contribution in [1.29, 1.82) is 0 Å². The number of nitrogen functional groups attached to an aromatic ring is 1. The molecule has 0 saturated carbocycles. The van der Waals surface area contributed by atoms with E-state index < -0.39 is 12.1 Å². The number of aromatic nitrogens is 2. The highest BCUT2D eigenvalue weighted by atomic mass is 19.4. The minimum Gasteiger partial charge on any atom is -0.475 e. The first-order valence-electron chi connectivity index (χ1n) is 3.15. The van der Waals surface area contributed by atoms with Gasteiger partial charge in [-0.15, -0.1) is 0 Å². The van der Waals surface area contributed by atoms with Crippen LogP contribution in [-0.4, -0.2) is 27.2 Å². The average molecular weight is 209 g/mol. The third-order valence-electron chi connectivity index (χ3n) is 0.826. The molecule has 78 valence electrons. The van der Waals surface area contributed by atoms with Gasteiger partial charge in [0, 0.05) is 12.4 Å². The summed E-state index contributed by atoms with van der Waals surface area (Å²) in [6, 6.07) is 0. The number of halogens is 3. The lowest BCUT2D eigenvalue weighted by atomic mass is 10.7. The Bertz CT molecular complexity index is 288. The molecule has 0 atom stereocenters. The quantitative estimate of drug-likeness (QED) is 0.656. The maximum atomic E-state index is 10.6. The van der Waals surface area contributed by atoms with Crippen LogP contribution in [0.5, 0.6) is 0 Å². The molecule has 0 fully saturated rings. The summed E-state index contributed by atoms with van der Waals surface area (Å²) in [4.78, 5) is 16.3. The maximum Gasteiger partial charge on any atom is 0.490 e. The summed E-state index contributed by atoms with van der Waals surface area (Å²) in [5.41, 5.74) is 5.18. The summed E-state index contributed by atoms with van der Waals surface area (Å²) in [5.74, 6) is -2.30. The normalized spacial score (nSPS) is 9.93. The SMILES string of the molecule is Nc1cnccn1.O=C(O)C(F)(F)F. The number of rotatable bonds is 0. The highest BCUT2D eigenvalue weighted by Gasteiger charge is 2.38. The van der Waals surface area contributed by atoms with E-state index in [0.29, 0.717) is 5.82 Å². The van der Waals surface area contributed by atoms with E-state index >= 15 is 0 Å². The number of nitrogens with zero attached hydrogens (tertiary/aromatic N) is 2. The lowest BCUT2D eigenvalue weighted by Gasteiger charge is -1.93. The number of carboxylic acids is 1. The van der Waals surface area contributed by atoms with Crippen LogP contribution in [0.1, 0.15) is 0 Å². The summed E-state index contributed by atoms with van der Waals surface area (Å²) in [7, 11) is 0.